The molecule has 1 aromatic carbocycles. The Balaban J connectivity index is 1.91. The molecule has 2 heterocycles. The van der Waals surface area contributed by atoms with Gasteiger partial charge in [-0.15, -0.1) is 11.3 Å². The predicted octanol–water partition coefficient (Wildman–Crippen LogP) is 4.24. The molecule has 3 aromatic rings. The van der Waals surface area contributed by atoms with Crippen LogP contribution in [0, 0.1) is 13.8 Å². The van der Waals surface area contributed by atoms with Crippen LogP contribution >= 0.6 is 11.3 Å². The fourth-order valence-electron chi connectivity index (χ4n) is 2.71. The molecule has 0 saturated heterocycles. The van der Waals surface area contributed by atoms with Gasteiger partial charge in [0.2, 0.25) is 5.88 Å². The van der Waals surface area contributed by atoms with E-state index in [0.29, 0.717) is 16.8 Å². The molecule has 0 fully saturated rings. The summed E-state index contributed by atoms with van der Waals surface area (Å²) in [4.78, 5) is 19.1. The Bertz CT molecular complexity index is 1250. The van der Waals surface area contributed by atoms with Crippen molar-refractivity contribution in [1.29, 1.82) is 0 Å². The first-order valence-corrected chi connectivity index (χ1v) is 11.3. The number of anilines is 2. The number of pyridine rings is 1. The second-order valence-corrected chi connectivity index (χ2v) is 9.10. The topological polar surface area (TPSA) is 110 Å². The van der Waals surface area contributed by atoms with Gasteiger partial charge in [-0.1, -0.05) is 18.2 Å². The van der Waals surface area contributed by atoms with Crippen LogP contribution in [0.2, 0.25) is 0 Å². The molecule has 0 unspecified atom stereocenters. The maximum atomic E-state index is 13.0. The average Bonchev–Trinajstić information content (AvgIpc) is 3.22. The SMILES string of the molecule is COc1ncc(NC(=O)c2csc(C(F)(F)F)n2)cc1S(=O)(=O)Nc1c(C)cccc1C. The van der Waals surface area contributed by atoms with E-state index in [2.05, 4.69) is 20.0 Å². The summed E-state index contributed by atoms with van der Waals surface area (Å²) in [5.41, 5.74) is 1.23. The maximum Gasteiger partial charge on any atom is 0.443 e. The van der Waals surface area contributed by atoms with Crippen molar-refractivity contribution in [1.82, 2.24) is 9.97 Å². The molecular weight excluding hydrogens is 469 g/mol. The number of carbonyl (C=O) groups is 1. The number of methoxy groups -OCH3 is 1. The predicted molar refractivity (Wildman–Crippen MR) is 113 cm³/mol. The van der Waals surface area contributed by atoms with Gasteiger partial charge in [-0.2, -0.15) is 13.2 Å². The monoisotopic (exact) mass is 486 g/mol. The highest BCUT2D eigenvalue weighted by Gasteiger charge is 2.35. The summed E-state index contributed by atoms with van der Waals surface area (Å²) < 4.78 is 71.7. The molecule has 0 aliphatic heterocycles. The van der Waals surface area contributed by atoms with Crippen molar-refractivity contribution in [2.45, 2.75) is 24.9 Å². The number of nitrogens with zero attached hydrogens (tertiary/aromatic N) is 2. The second-order valence-electron chi connectivity index (χ2n) is 6.59. The van der Waals surface area contributed by atoms with Crippen molar-refractivity contribution >= 4 is 38.6 Å². The Morgan fingerprint density at radius 3 is 2.41 bits per heavy atom. The summed E-state index contributed by atoms with van der Waals surface area (Å²) >= 11 is 0.274. The minimum atomic E-state index is -4.68. The zero-order chi connectivity index (χ0) is 23.7. The van der Waals surface area contributed by atoms with Crippen LogP contribution in [0.1, 0.15) is 26.6 Å². The molecular formula is C19H17F3N4O4S2. The Hall–Kier alpha value is -3.19. The summed E-state index contributed by atoms with van der Waals surface area (Å²) in [7, 11) is -2.96. The first-order valence-electron chi connectivity index (χ1n) is 8.89. The minimum Gasteiger partial charge on any atom is -0.480 e. The summed E-state index contributed by atoms with van der Waals surface area (Å²) in [5, 5.41) is 2.08. The number of thiazole rings is 1. The smallest absolute Gasteiger partial charge is 0.443 e. The molecule has 0 atom stereocenters. The number of nitrogens with one attached hydrogen (secondary N) is 2. The van der Waals surface area contributed by atoms with Crippen LogP contribution in [0.4, 0.5) is 24.5 Å². The molecule has 2 N–H and O–H groups in total. The highest BCUT2D eigenvalue weighted by atomic mass is 32.2. The number of alkyl halides is 3. The van der Waals surface area contributed by atoms with E-state index in [1.165, 1.54) is 7.11 Å². The van der Waals surface area contributed by atoms with Gasteiger partial charge in [0.25, 0.3) is 15.9 Å². The van der Waals surface area contributed by atoms with Crippen molar-refractivity contribution in [3.05, 3.63) is 57.7 Å². The third kappa shape index (κ3) is 4.99. The Labute approximate surface area is 185 Å². The summed E-state index contributed by atoms with van der Waals surface area (Å²) in [6.07, 6.45) is -3.56. The quantitative estimate of drug-likeness (QED) is 0.540. The van der Waals surface area contributed by atoms with Gasteiger partial charge in [-0.05, 0) is 31.0 Å². The van der Waals surface area contributed by atoms with E-state index in [1.54, 1.807) is 32.0 Å². The number of amides is 1. The van der Waals surface area contributed by atoms with E-state index in [-0.39, 0.29) is 27.8 Å². The van der Waals surface area contributed by atoms with Gasteiger partial charge in [-0.25, -0.2) is 18.4 Å². The third-order valence-corrected chi connectivity index (χ3v) is 6.49. The standard InChI is InChI=1S/C19H17F3N4O4S2/c1-10-5-4-6-11(2)15(10)26-32(28,29)14-7-12(8-23-17(14)30-3)24-16(27)13-9-31-18(25-13)19(20,21)22/h4-9,26H,1-3H3,(H,24,27). The molecule has 32 heavy (non-hydrogen) atoms. The number of ether oxygens (including phenoxy) is 1. The number of hydrogen-bond donors (Lipinski definition) is 2. The van der Waals surface area contributed by atoms with Crippen molar-refractivity contribution in [3.8, 4) is 5.88 Å². The van der Waals surface area contributed by atoms with E-state index in [1.807, 2.05) is 0 Å². The van der Waals surface area contributed by atoms with Gasteiger partial charge in [0.15, 0.2) is 9.90 Å². The number of aryl methyl sites for hydroxylation is 2. The van der Waals surface area contributed by atoms with Crippen LogP contribution in [-0.2, 0) is 16.2 Å². The molecule has 0 spiro atoms. The lowest BCUT2D eigenvalue weighted by Gasteiger charge is -2.15. The number of sulfonamides is 1. The van der Waals surface area contributed by atoms with Crippen molar-refractivity contribution < 1.29 is 31.1 Å². The average molecular weight is 486 g/mol. The van der Waals surface area contributed by atoms with Crippen LogP contribution < -0.4 is 14.8 Å². The summed E-state index contributed by atoms with van der Waals surface area (Å²) in [6.45, 7) is 3.47. The fraction of sp³-hybridized carbons (Fsp3) is 0.211. The molecule has 0 saturated carbocycles. The number of para-hydroxylation sites is 1. The summed E-state index contributed by atoms with van der Waals surface area (Å²) in [5.74, 6) is -1.18. The highest BCUT2D eigenvalue weighted by molar-refractivity contribution is 7.92. The van der Waals surface area contributed by atoms with Gasteiger partial charge in [0.05, 0.1) is 24.7 Å². The van der Waals surface area contributed by atoms with Crippen LogP contribution in [0.3, 0.4) is 0 Å². The van der Waals surface area contributed by atoms with Gasteiger partial charge in [-0.3, -0.25) is 9.52 Å². The number of hydrogen-bond acceptors (Lipinski definition) is 7. The van der Waals surface area contributed by atoms with E-state index in [0.717, 1.165) is 17.6 Å². The number of carbonyl (C=O) groups excluding carboxylic acids is 1. The molecule has 8 nitrogen and oxygen atoms in total. The van der Waals surface area contributed by atoms with E-state index in [9.17, 15) is 26.4 Å². The lowest BCUT2D eigenvalue weighted by molar-refractivity contribution is -0.137. The molecule has 13 heteroatoms. The normalized spacial score (nSPS) is 11.8. The molecule has 0 bridgehead atoms. The van der Waals surface area contributed by atoms with E-state index in [4.69, 9.17) is 4.74 Å². The Morgan fingerprint density at radius 2 is 1.84 bits per heavy atom. The molecule has 2 aromatic heterocycles. The first kappa shape index (κ1) is 23.5. The maximum absolute atomic E-state index is 13.0. The third-order valence-electron chi connectivity index (χ3n) is 4.26. The summed E-state index contributed by atoms with van der Waals surface area (Å²) in [6, 6.07) is 6.35. The zero-order valence-electron chi connectivity index (χ0n) is 16.9. The number of benzene rings is 1. The lowest BCUT2D eigenvalue weighted by atomic mass is 10.1. The minimum absolute atomic E-state index is 0.0701. The van der Waals surface area contributed by atoms with Crippen molar-refractivity contribution in [2.24, 2.45) is 0 Å². The van der Waals surface area contributed by atoms with Crippen molar-refractivity contribution in [3.63, 3.8) is 0 Å². The molecule has 170 valence electrons. The molecule has 0 aliphatic carbocycles. The second kappa shape index (κ2) is 8.74. The largest absolute Gasteiger partial charge is 0.480 e. The van der Waals surface area contributed by atoms with Gasteiger partial charge in [0.1, 0.15) is 5.69 Å². The number of halogens is 3. The molecule has 1 amide bonds. The van der Waals surface area contributed by atoms with E-state index < -0.39 is 32.8 Å². The van der Waals surface area contributed by atoms with Gasteiger partial charge in [0, 0.05) is 5.38 Å². The number of aromatic nitrogens is 2. The molecule has 0 aliphatic rings. The Kier molecular flexibility index (Phi) is 6.41. The highest BCUT2D eigenvalue weighted by Crippen LogP contribution is 2.32. The van der Waals surface area contributed by atoms with Gasteiger partial charge < -0.3 is 10.1 Å². The van der Waals surface area contributed by atoms with Crippen LogP contribution in [0.15, 0.2) is 40.7 Å². The van der Waals surface area contributed by atoms with Crippen molar-refractivity contribution in [2.75, 3.05) is 17.1 Å². The van der Waals surface area contributed by atoms with Crippen LogP contribution in [-0.4, -0.2) is 31.4 Å². The van der Waals surface area contributed by atoms with E-state index >= 15 is 0 Å². The Morgan fingerprint density at radius 1 is 1.19 bits per heavy atom. The first-order chi connectivity index (χ1) is 14.9. The molecule has 3 rings (SSSR count). The molecule has 0 radical (unpaired) electrons. The van der Waals surface area contributed by atoms with Gasteiger partial charge >= 0.3 is 6.18 Å². The zero-order valence-corrected chi connectivity index (χ0v) is 18.6. The fourth-order valence-corrected chi connectivity index (χ4v) is 4.73. The van der Waals surface area contributed by atoms with Crippen LogP contribution in [0.5, 0.6) is 5.88 Å². The number of rotatable bonds is 6. The lowest BCUT2D eigenvalue weighted by Crippen LogP contribution is -2.18. The van der Waals surface area contributed by atoms with Crippen LogP contribution in [0.25, 0.3) is 0 Å².